The predicted octanol–water partition coefficient (Wildman–Crippen LogP) is 2.53. The normalized spacial score (nSPS) is 12.2. The third-order valence-electron chi connectivity index (χ3n) is 4.91. The molecule has 0 bridgehead atoms. The maximum absolute atomic E-state index is 5.13. The Kier molecular flexibility index (Phi) is 6.61. The molecule has 1 heterocycles. The fraction of sp³-hybridized carbons (Fsp3) is 0.0870. The van der Waals surface area contributed by atoms with Gasteiger partial charge in [-0.25, -0.2) is 4.98 Å². The molecule has 3 aromatic carbocycles. The van der Waals surface area contributed by atoms with Crippen molar-refractivity contribution in [3.8, 4) is 0 Å². The number of benzene rings is 3. The minimum atomic E-state index is -0.445. The summed E-state index contributed by atoms with van der Waals surface area (Å²) in [6.07, 6.45) is 3.57. The second-order valence-electron chi connectivity index (χ2n) is 6.32. The van der Waals surface area contributed by atoms with Crippen LogP contribution in [0.15, 0.2) is 104 Å². The van der Waals surface area contributed by atoms with Crippen LogP contribution in [0, 0.1) is 0 Å². The summed E-state index contributed by atoms with van der Waals surface area (Å²) in [6.45, 7) is 0. The summed E-state index contributed by atoms with van der Waals surface area (Å²) in [5.41, 5.74) is 4.15. The quantitative estimate of drug-likeness (QED) is 0.311. The van der Waals surface area contributed by atoms with Crippen molar-refractivity contribution in [1.29, 1.82) is 0 Å². The minimum absolute atomic E-state index is 0. The molecule has 130 valence electrons. The monoisotopic (exact) mass is 380 g/mol. The number of nitrogens with one attached hydrogen (secondary N) is 1. The molecule has 0 aliphatic rings. The maximum Gasteiger partial charge on any atom is 1.00 e. The SMILES string of the molecule is SC(c1cnc[nH]1)C(c1ccccc1)(c1ccccc1)c1ccccc1.[H-].[Na+]. The maximum atomic E-state index is 5.13. The van der Waals surface area contributed by atoms with Crippen molar-refractivity contribution in [1.82, 2.24) is 9.97 Å². The molecule has 1 aromatic heterocycles. The number of aromatic nitrogens is 2. The molecular formula is C23H21N2NaS. The van der Waals surface area contributed by atoms with Crippen LogP contribution in [0.3, 0.4) is 0 Å². The average molecular weight is 380 g/mol. The number of imidazole rings is 1. The summed E-state index contributed by atoms with van der Waals surface area (Å²) in [7, 11) is 0. The van der Waals surface area contributed by atoms with E-state index in [9.17, 15) is 0 Å². The second-order valence-corrected chi connectivity index (χ2v) is 6.83. The zero-order valence-electron chi connectivity index (χ0n) is 16.3. The van der Waals surface area contributed by atoms with Crippen molar-refractivity contribution >= 4 is 12.6 Å². The molecular weight excluding hydrogens is 359 g/mol. The topological polar surface area (TPSA) is 28.7 Å². The fourth-order valence-corrected chi connectivity index (χ4v) is 4.31. The van der Waals surface area contributed by atoms with E-state index in [1.165, 1.54) is 16.7 Å². The first kappa shape index (κ1) is 20.0. The summed E-state index contributed by atoms with van der Waals surface area (Å²) < 4.78 is 0. The number of aromatic amines is 1. The Morgan fingerprint density at radius 1 is 0.741 bits per heavy atom. The third kappa shape index (κ3) is 3.65. The molecule has 0 amide bonds. The van der Waals surface area contributed by atoms with Gasteiger partial charge in [0.05, 0.1) is 17.0 Å². The first-order chi connectivity index (χ1) is 12.8. The summed E-state index contributed by atoms with van der Waals surface area (Å²) in [5.74, 6) is 0. The molecule has 0 radical (unpaired) electrons. The van der Waals surface area contributed by atoms with Crippen LogP contribution in [-0.4, -0.2) is 9.97 Å². The van der Waals surface area contributed by atoms with Gasteiger partial charge < -0.3 is 6.41 Å². The van der Waals surface area contributed by atoms with Gasteiger partial charge in [-0.3, -0.25) is 0 Å². The standard InChI is InChI=1S/C23H20N2S.Na.H/c26-22(21-16-24-17-25-21)23(18-10-4-1-5-11-18,19-12-6-2-7-13-19)20-14-8-3-9-15-20;;/h1-17,22,26H,(H,24,25);;/q;+1;-1. The van der Waals surface area contributed by atoms with Gasteiger partial charge in [-0.1, -0.05) is 91.0 Å². The number of rotatable bonds is 5. The summed E-state index contributed by atoms with van der Waals surface area (Å²) >= 11 is 5.13. The van der Waals surface area contributed by atoms with Crippen molar-refractivity contribution < 1.29 is 31.0 Å². The van der Waals surface area contributed by atoms with E-state index in [0.717, 1.165) is 5.69 Å². The van der Waals surface area contributed by atoms with Gasteiger partial charge in [-0.2, -0.15) is 12.6 Å². The molecule has 1 unspecified atom stereocenters. The van der Waals surface area contributed by atoms with Crippen molar-refractivity contribution in [2.75, 3.05) is 0 Å². The summed E-state index contributed by atoms with van der Waals surface area (Å²) in [4.78, 5) is 7.50. The van der Waals surface area contributed by atoms with Crippen LogP contribution in [0.5, 0.6) is 0 Å². The van der Waals surface area contributed by atoms with Crippen LogP contribution in [0.25, 0.3) is 0 Å². The Bertz CT molecular complexity index is 851. The summed E-state index contributed by atoms with van der Waals surface area (Å²) in [5, 5.41) is -0.128. The van der Waals surface area contributed by atoms with Crippen LogP contribution in [0.1, 0.15) is 29.1 Å². The van der Waals surface area contributed by atoms with Crippen molar-refractivity contribution in [3.63, 3.8) is 0 Å². The third-order valence-corrected chi connectivity index (χ3v) is 5.58. The number of H-pyrrole nitrogens is 1. The van der Waals surface area contributed by atoms with Gasteiger partial charge in [0, 0.05) is 11.9 Å². The minimum Gasteiger partial charge on any atom is -1.00 e. The first-order valence-electron chi connectivity index (χ1n) is 8.66. The molecule has 4 rings (SSSR count). The molecule has 0 aliphatic heterocycles. The van der Waals surface area contributed by atoms with E-state index in [1.54, 1.807) is 6.33 Å². The molecule has 27 heavy (non-hydrogen) atoms. The zero-order valence-corrected chi connectivity index (χ0v) is 18.2. The van der Waals surface area contributed by atoms with Gasteiger partial charge >= 0.3 is 29.6 Å². The molecule has 0 spiro atoms. The van der Waals surface area contributed by atoms with Gasteiger partial charge in [0.25, 0.3) is 0 Å². The Balaban J connectivity index is 0.00000140. The Hall–Kier alpha value is -1.78. The Morgan fingerprint density at radius 2 is 1.15 bits per heavy atom. The second kappa shape index (κ2) is 8.94. The summed E-state index contributed by atoms with van der Waals surface area (Å²) in [6, 6.07) is 31.7. The molecule has 1 atom stereocenters. The van der Waals surface area contributed by atoms with Gasteiger partial charge in [0.2, 0.25) is 0 Å². The Labute approximate surface area is 189 Å². The molecule has 4 heteroatoms. The largest absolute Gasteiger partial charge is 1.00 e. The molecule has 0 saturated carbocycles. The van der Waals surface area contributed by atoms with Crippen LogP contribution < -0.4 is 29.6 Å². The molecule has 0 saturated heterocycles. The van der Waals surface area contributed by atoms with Gasteiger partial charge in [-0.05, 0) is 16.7 Å². The number of thiol groups is 1. The zero-order chi connectivity index (χ0) is 17.8. The van der Waals surface area contributed by atoms with E-state index in [2.05, 4.69) is 82.8 Å². The molecule has 4 aromatic rings. The van der Waals surface area contributed by atoms with E-state index in [1.807, 2.05) is 24.4 Å². The van der Waals surface area contributed by atoms with Crippen LogP contribution >= 0.6 is 12.6 Å². The van der Waals surface area contributed by atoms with Crippen molar-refractivity contribution in [2.45, 2.75) is 10.7 Å². The van der Waals surface area contributed by atoms with E-state index in [4.69, 9.17) is 12.6 Å². The van der Waals surface area contributed by atoms with Crippen molar-refractivity contribution in [2.24, 2.45) is 0 Å². The fourth-order valence-electron chi connectivity index (χ4n) is 3.73. The molecule has 2 nitrogen and oxygen atoms in total. The van der Waals surface area contributed by atoms with Crippen LogP contribution in [-0.2, 0) is 5.41 Å². The van der Waals surface area contributed by atoms with E-state index < -0.39 is 5.41 Å². The van der Waals surface area contributed by atoms with E-state index >= 15 is 0 Å². The van der Waals surface area contributed by atoms with Crippen molar-refractivity contribution in [3.05, 3.63) is 126 Å². The molecule has 1 N–H and O–H groups in total. The van der Waals surface area contributed by atoms with Gasteiger partial charge in [0.15, 0.2) is 0 Å². The number of nitrogens with zero attached hydrogens (tertiary/aromatic N) is 1. The molecule has 0 fully saturated rings. The van der Waals surface area contributed by atoms with Gasteiger partial charge in [-0.15, -0.1) is 0 Å². The average Bonchev–Trinajstić information content (AvgIpc) is 3.26. The Morgan fingerprint density at radius 3 is 1.48 bits per heavy atom. The van der Waals surface area contributed by atoms with Crippen LogP contribution in [0.2, 0.25) is 0 Å². The van der Waals surface area contributed by atoms with Gasteiger partial charge in [0.1, 0.15) is 0 Å². The smallest absolute Gasteiger partial charge is 1.00 e. The first-order valence-corrected chi connectivity index (χ1v) is 9.18. The number of hydrogen-bond donors (Lipinski definition) is 2. The molecule has 0 aliphatic carbocycles. The number of hydrogen-bond acceptors (Lipinski definition) is 2. The van der Waals surface area contributed by atoms with E-state index in [0.29, 0.717) is 0 Å². The predicted molar refractivity (Wildman–Crippen MR) is 111 cm³/mol. The van der Waals surface area contributed by atoms with E-state index in [-0.39, 0.29) is 36.2 Å². The van der Waals surface area contributed by atoms with Crippen LogP contribution in [0.4, 0.5) is 0 Å².